The first-order valence-electron chi connectivity index (χ1n) is 1.33. The van der Waals surface area contributed by atoms with E-state index in [1.165, 1.54) is 0 Å². The van der Waals surface area contributed by atoms with Crippen molar-refractivity contribution in [3.63, 3.8) is 0 Å². The van der Waals surface area contributed by atoms with Gasteiger partial charge < -0.3 is 4.89 Å². The van der Waals surface area contributed by atoms with Crippen LogP contribution in [0.3, 0.4) is 0 Å². The summed E-state index contributed by atoms with van der Waals surface area (Å²) in [6.45, 7) is 5.23. The Morgan fingerprint density at radius 1 is 2.00 bits per heavy atom. The molecule has 0 aromatic carbocycles. The predicted molar refractivity (Wildman–Crippen MR) is 25.3 cm³/mol. The maximum atomic E-state index is 8.07. The van der Waals surface area contributed by atoms with Gasteiger partial charge in [0.1, 0.15) is 0 Å². The summed E-state index contributed by atoms with van der Waals surface area (Å²) in [4.78, 5) is 8.07. The van der Waals surface area contributed by atoms with Gasteiger partial charge in [-0.3, -0.25) is 0 Å². The van der Waals surface area contributed by atoms with Crippen LogP contribution >= 0.6 is 8.81 Å². The summed E-state index contributed by atoms with van der Waals surface area (Å²) in [5.41, 5.74) is 0. The van der Waals surface area contributed by atoms with Crippen molar-refractivity contribution in [2.45, 2.75) is 6.92 Å². The average Bonchev–Trinajstić information content (AvgIpc) is 1.38. The second-order valence-corrected chi connectivity index (χ2v) is 1.97. The predicted octanol–water partition coefficient (Wildman–Crippen LogP) is 1.11. The first kappa shape index (κ1) is 5.13. The molecule has 1 atom stereocenters. The van der Waals surface area contributed by atoms with E-state index in [9.17, 15) is 0 Å². The third kappa shape index (κ3) is 4.13. The quantitative estimate of drug-likeness (QED) is 0.478. The van der Waals surface area contributed by atoms with Crippen LogP contribution in [0, 0.1) is 0 Å². The van der Waals surface area contributed by atoms with Gasteiger partial charge in [-0.05, 0) is 12.2 Å². The van der Waals surface area contributed by atoms with E-state index < -0.39 is 0 Å². The molecule has 0 saturated heterocycles. The fourth-order valence-electron chi connectivity index (χ4n) is 0. The van der Waals surface area contributed by atoms with Crippen molar-refractivity contribution in [2.24, 2.45) is 0 Å². The van der Waals surface area contributed by atoms with Crippen LogP contribution in [-0.2, 0) is 0 Å². The second-order valence-electron chi connectivity index (χ2n) is 0.892. The maximum absolute atomic E-state index is 8.07. The molecule has 2 heteroatoms. The average molecular weight is 90.1 g/mol. The molecule has 1 nitrogen and oxygen atoms in total. The van der Waals surface area contributed by atoms with Crippen molar-refractivity contribution in [1.82, 2.24) is 0 Å². The van der Waals surface area contributed by atoms with Gasteiger partial charge in [0.15, 0.2) is 0 Å². The first-order chi connectivity index (χ1) is 2.27. The Morgan fingerprint density at radius 2 is 2.20 bits per heavy atom. The molecule has 5 heavy (non-hydrogen) atoms. The number of allylic oxidation sites excluding steroid dienone is 1. The van der Waals surface area contributed by atoms with Crippen molar-refractivity contribution in [3.8, 4) is 0 Å². The molecular formula is C3H7OP. The molecule has 0 fully saturated rings. The first-order valence-corrected chi connectivity index (χ1v) is 2.27. The number of hydrogen-bond acceptors (Lipinski definition) is 1. The zero-order chi connectivity index (χ0) is 4.28. The summed E-state index contributed by atoms with van der Waals surface area (Å²) in [5.74, 6) is 0. The van der Waals surface area contributed by atoms with E-state index in [0.29, 0.717) is 0 Å². The zero-order valence-corrected chi connectivity index (χ0v) is 4.15. The molecule has 0 saturated carbocycles. The normalized spacial score (nSPS) is 10.0. The molecular weight excluding hydrogens is 83.0 g/mol. The fourth-order valence-corrected chi connectivity index (χ4v) is 0. The van der Waals surface area contributed by atoms with Crippen LogP contribution < -0.4 is 0 Å². The van der Waals surface area contributed by atoms with Crippen LogP contribution in [-0.4, -0.2) is 4.89 Å². The Kier molecular flexibility index (Phi) is 2.43. The third-order valence-electron chi connectivity index (χ3n) is 0.191. The van der Waals surface area contributed by atoms with E-state index in [0.717, 1.165) is 5.31 Å². The molecule has 1 N–H and O–H groups in total. The van der Waals surface area contributed by atoms with E-state index in [-0.39, 0.29) is 8.81 Å². The molecule has 0 amide bonds. The molecule has 0 radical (unpaired) electrons. The molecule has 0 aromatic rings. The monoisotopic (exact) mass is 90.0 g/mol. The molecule has 0 aliphatic rings. The van der Waals surface area contributed by atoms with Crippen LogP contribution in [0.4, 0.5) is 0 Å². The molecule has 0 rings (SSSR count). The summed E-state index contributed by atoms with van der Waals surface area (Å²) >= 11 is 0. The second kappa shape index (κ2) is 2.37. The molecule has 30 valence electrons. The fraction of sp³-hybridized carbons (Fsp3) is 0.333. The Bertz CT molecular complexity index is 42.2. The summed E-state index contributed by atoms with van der Waals surface area (Å²) in [6.07, 6.45) is 0. The lowest BCUT2D eigenvalue weighted by Gasteiger charge is -1.79. The Balaban J connectivity index is 2.85. The lowest BCUT2D eigenvalue weighted by Crippen LogP contribution is -1.46. The number of hydrogen-bond donors (Lipinski definition) is 1. The lowest BCUT2D eigenvalue weighted by atomic mass is 10.8. The summed E-state index contributed by atoms with van der Waals surface area (Å²) in [5, 5.41) is 0.838. The minimum Gasteiger partial charge on any atom is -0.373 e. The van der Waals surface area contributed by atoms with Crippen molar-refractivity contribution < 1.29 is 4.89 Å². The molecule has 0 aromatic heterocycles. The maximum Gasteiger partial charge on any atom is 0.0369 e. The van der Waals surface area contributed by atoms with Crippen molar-refractivity contribution in [3.05, 3.63) is 11.9 Å². The smallest absolute Gasteiger partial charge is 0.0369 e. The molecule has 0 aliphatic carbocycles. The van der Waals surface area contributed by atoms with E-state index in [1.54, 1.807) is 6.92 Å². The topological polar surface area (TPSA) is 20.2 Å². The van der Waals surface area contributed by atoms with Gasteiger partial charge in [0.25, 0.3) is 0 Å². The summed E-state index contributed by atoms with van der Waals surface area (Å²) in [7, 11) is -0.0802. The van der Waals surface area contributed by atoms with Gasteiger partial charge in [-0.1, -0.05) is 6.58 Å². The van der Waals surface area contributed by atoms with Gasteiger partial charge in [0.2, 0.25) is 0 Å². The minimum absolute atomic E-state index is 0.0802. The van der Waals surface area contributed by atoms with E-state index in [4.69, 9.17) is 4.89 Å². The van der Waals surface area contributed by atoms with Crippen molar-refractivity contribution in [2.75, 3.05) is 0 Å². The van der Waals surface area contributed by atoms with Gasteiger partial charge in [-0.2, -0.15) is 0 Å². The molecule has 1 unspecified atom stereocenters. The highest BCUT2D eigenvalue weighted by Crippen LogP contribution is 2.12. The van der Waals surface area contributed by atoms with Crippen molar-refractivity contribution >= 4 is 8.81 Å². The lowest BCUT2D eigenvalue weighted by molar-refractivity contribution is 0.652. The van der Waals surface area contributed by atoms with Crippen molar-refractivity contribution in [1.29, 1.82) is 0 Å². The van der Waals surface area contributed by atoms with Crippen LogP contribution in [0.5, 0.6) is 0 Å². The largest absolute Gasteiger partial charge is 0.373 e. The van der Waals surface area contributed by atoms with E-state index in [2.05, 4.69) is 6.58 Å². The highest BCUT2D eigenvalue weighted by atomic mass is 31.1. The van der Waals surface area contributed by atoms with Crippen LogP contribution in [0.1, 0.15) is 6.92 Å². The Hall–Kier alpha value is 0.130. The summed E-state index contributed by atoms with van der Waals surface area (Å²) < 4.78 is 0. The number of rotatable bonds is 1. The van der Waals surface area contributed by atoms with Gasteiger partial charge in [0, 0.05) is 8.81 Å². The zero-order valence-electron chi connectivity index (χ0n) is 3.15. The molecule has 0 heterocycles. The molecule has 0 aliphatic heterocycles. The highest BCUT2D eigenvalue weighted by molar-refractivity contribution is 7.36. The summed E-state index contributed by atoms with van der Waals surface area (Å²) in [6, 6.07) is 0. The standard InChI is InChI=1S/C3H7OP/c1-3(2)5-4/h4-5H,1H2,2H3. The van der Waals surface area contributed by atoms with Gasteiger partial charge in [-0.15, -0.1) is 0 Å². The van der Waals surface area contributed by atoms with E-state index >= 15 is 0 Å². The van der Waals surface area contributed by atoms with Gasteiger partial charge in [-0.25, -0.2) is 0 Å². The van der Waals surface area contributed by atoms with Crippen LogP contribution in [0.2, 0.25) is 0 Å². The minimum atomic E-state index is -0.0802. The van der Waals surface area contributed by atoms with Gasteiger partial charge >= 0.3 is 0 Å². The molecule has 0 spiro atoms. The molecule has 0 bridgehead atoms. The van der Waals surface area contributed by atoms with E-state index in [1.807, 2.05) is 0 Å². The van der Waals surface area contributed by atoms with Crippen LogP contribution in [0.15, 0.2) is 11.9 Å². The Morgan fingerprint density at radius 3 is 2.20 bits per heavy atom. The Labute approximate surface area is 33.6 Å². The third-order valence-corrected chi connectivity index (χ3v) is 0.573. The van der Waals surface area contributed by atoms with Crippen LogP contribution in [0.25, 0.3) is 0 Å². The van der Waals surface area contributed by atoms with Gasteiger partial charge in [0.05, 0.1) is 0 Å². The highest BCUT2D eigenvalue weighted by Gasteiger charge is 1.69. The SMILES string of the molecule is C=C(C)PO.